The van der Waals surface area contributed by atoms with Gasteiger partial charge in [0.1, 0.15) is 5.75 Å². The maximum atomic E-state index is 13.9. The summed E-state index contributed by atoms with van der Waals surface area (Å²) in [5.41, 5.74) is 1.72. The number of benzene rings is 1. The van der Waals surface area contributed by atoms with Crippen molar-refractivity contribution in [2.24, 2.45) is 5.92 Å². The first-order valence-corrected chi connectivity index (χ1v) is 12.5. The number of anilines is 1. The van der Waals surface area contributed by atoms with Crippen LogP contribution in [-0.4, -0.2) is 78.9 Å². The molecule has 35 heavy (non-hydrogen) atoms. The number of carbonyl (C=O) groups excluding carboxylic acids is 2. The van der Waals surface area contributed by atoms with Crippen molar-refractivity contribution in [3.05, 3.63) is 30.0 Å². The van der Waals surface area contributed by atoms with Crippen LogP contribution in [0.1, 0.15) is 49.9 Å². The van der Waals surface area contributed by atoms with E-state index in [1.807, 2.05) is 35.8 Å². The third-order valence-electron chi connectivity index (χ3n) is 6.89. The number of rotatable bonds is 4. The van der Waals surface area contributed by atoms with E-state index in [0.29, 0.717) is 54.1 Å². The lowest BCUT2D eigenvalue weighted by Crippen LogP contribution is -2.51. The Morgan fingerprint density at radius 2 is 1.63 bits per heavy atom. The molecular formula is C26H34F2N4O3. The lowest BCUT2D eigenvalue weighted by Gasteiger charge is -2.37. The van der Waals surface area contributed by atoms with Crippen LogP contribution in [0.2, 0.25) is 0 Å². The summed E-state index contributed by atoms with van der Waals surface area (Å²) >= 11 is 0. The van der Waals surface area contributed by atoms with Crippen LogP contribution in [0.15, 0.2) is 24.4 Å². The zero-order valence-electron chi connectivity index (χ0n) is 20.7. The van der Waals surface area contributed by atoms with E-state index >= 15 is 0 Å². The van der Waals surface area contributed by atoms with E-state index in [1.54, 1.807) is 24.3 Å². The van der Waals surface area contributed by atoms with Crippen molar-refractivity contribution in [3.8, 4) is 5.75 Å². The second-order valence-electron chi connectivity index (χ2n) is 9.14. The van der Waals surface area contributed by atoms with Gasteiger partial charge in [-0.05, 0) is 31.0 Å². The van der Waals surface area contributed by atoms with E-state index in [4.69, 9.17) is 4.74 Å². The van der Waals surface area contributed by atoms with Crippen LogP contribution < -0.4 is 9.64 Å². The molecule has 3 aliphatic rings. The minimum Gasteiger partial charge on any atom is -0.497 e. The van der Waals surface area contributed by atoms with Crippen LogP contribution in [-0.2, 0) is 4.79 Å². The summed E-state index contributed by atoms with van der Waals surface area (Å²) in [5, 5.41) is 0.716. The Morgan fingerprint density at radius 3 is 2.23 bits per heavy atom. The monoisotopic (exact) mass is 488 g/mol. The quantitative estimate of drug-likeness (QED) is 0.646. The number of halogens is 2. The third-order valence-corrected chi connectivity index (χ3v) is 6.89. The standard InChI is InChI=1S/C24H28F2N4O3.C2H6/c1-33-17-4-5-20-18(14-17)21(28-8-6-24(25,26)7-9-28)19(15-27-20)23(32)30-12-10-29(11-13-30)22(31)16-2-3-16;1-2/h4-5,14-16H,2-3,6-13H2,1H3;1-2H3. The van der Waals surface area contributed by atoms with Gasteiger partial charge in [0.15, 0.2) is 0 Å². The number of hydrogen-bond acceptors (Lipinski definition) is 5. The van der Waals surface area contributed by atoms with Gasteiger partial charge >= 0.3 is 0 Å². The number of amides is 2. The second-order valence-corrected chi connectivity index (χ2v) is 9.14. The lowest BCUT2D eigenvalue weighted by atomic mass is 10.0. The van der Waals surface area contributed by atoms with E-state index in [0.717, 1.165) is 12.8 Å². The number of alkyl halides is 2. The molecule has 2 saturated heterocycles. The van der Waals surface area contributed by atoms with Gasteiger partial charge in [-0.1, -0.05) is 13.8 Å². The van der Waals surface area contributed by atoms with E-state index in [-0.39, 0.29) is 43.7 Å². The molecule has 0 unspecified atom stereocenters. The summed E-state index contributed by atoms with van der Waals surface area (Å²) < 4.78 is 33.1. The fraction of sp³-hybridized carbons (Fsp3) is 0.577. The van der Waals surface area contributed by atoms with Gasteiger partial charge in [0, 0.05) is 69.6 Å². The predicted octanol–water partition coefficient (Wildman–Crippen LogP) is 4.20. The van der Waals surface area contributed by atoms with Crippen LogP contribution in [0.25, 0.3) is 10.9 Å². The van der Waals surface area contributed by atoms with Crippen molar-refractivity contribution < 1.29 is 23.1 Å². The van der Waals surface area contributed by atoms with Crippen LogP contribution >= 0.6 is 0 Å². The second kappa shape index (κ2) is 10.3. The first-order valence-electron chi connectivity index (χ1n) is 12.5. The van der Waals surface area contributed by atoms with Gasteiger partial charge in [0.25, 0.3) is 11.8 Å². The highest BCUT2D eigenvalue weighted by Gasteiger charge is 2.38. The SMILES string of the molecule is CC.COc1ccc2ncc(C(=O)N3CCN(C(=O)C4CC4)CC3)c(N3CCC(F)(F)CC3)c2c1. The summed E-state index contributed by atoms with van der Waals surface area (Å²) in [6, 6.07) is 5.42. The molecule has 7 nitrogen and oxygen atoms in total. The van der Waals surface area contributed by atoms with Gasteiger partial charge in [0.05, 0.1) is 23.9 Å². The molecule has 9 heteroatoms. The van der Waals surface area contributed by atoms with E-state index in [2.05, 4.69) is 4.98 Å². The number of piperazine rings is 1. The summed E-state index contributed by atoms with van der Waals surface area (Å²) in [6.07, 6.45) is 2.97. The van der Waals surface area contributed by atoms with Crippen molar-refractivity contribution in [2.75, 3.05) is 51.3 Å². The molecule has 5 rings (SSSR count). The highest BCUT2D eigenvalue weighted by atomic mass is 19.3. The number of ether oxygens (including phenoxy) is 1. The van der Waals surface area contributed by atoms with E-state index < -0.39 is 5.92 Å². The average molecular weight is 489 g/mol. The van der Waals surface area contributed by atoms with E-state index in [1.165, 1.54) is 0 Å². The molecule has 3 heterocycles. The van der Waals surface area contributed by atoms with Crippen molar-refractivity contribution in [1.82, 2.24) is 14.8 Å². The van der Waals surface area contributed by atoms with Crippen LogP contribution in [0.3, 0.4) is 0 Å². The topological polar surface area (TPSA) is 66.0 Å². The number of nitrogens with zero attached hydrogens (tertiary/aromatic N) is 4. The normalized spacial score (nSPS) is 19.7. The summed E-state index contributed by atoms with van der Waals surface area (Å²) in [4.78, 5) is 35.9. The maximum Gasteiger partial charge on any atom is 0.257 e. The first-order chi connectivity index (χ1) is 16.9. The number of carbonyl (C=O) groups is 2. The number of fused-ring (bicyclic) bond motifs is 1. The van der Waals surface area contributed by atoms with Gasteiger partial charge in [-0.3, -0.25) is 14.6 Å². The number of pyridine rings is 1. The highest BCUT2D eigenvalue weighted by molar-refractivity contribution is 6.07. The van der Waals surface area contributed by atoms with Crippen molar-refractivity contribution in [3.63, 3.8) is 0 Å². The summed E-state index contributed by atoms with van der Waals surface area (Å²) in [5.74, 6) is -1.90. The van der Waals surface area contributed by atoms with Crippen molar-refractivity contribution >= 4 is 28.4 Å². The number of methoxy groups -OCH3 is 1. The van der Waals surface area contributed by atoms with Crippen LogP contribution in [0.4, 0.5) is 14.5 Å². The summed E-state index contributed by atoms with van der Waals surface area (Å²) in [7, 11) is 1.56. The Bertz CT molecular complexity index is 1070. The van der Waals surface area contributed by atoms with Crippen LogP contribution in [0, 0.1) is 5.92 Å². The Kier molecular flexibility index (Phi) is 7.42. The molecule has 2 aromatic rings. The lowest BCUT2D eigenvalue weighted by molar-refractivity contribution is -0.134. The molecule has 0 bridgehead atoms. The molecule has 1 saturated carbocycles. The van der Waals surface area contributed by atoms with E-state index in [9.17, 15) is 18.4 Å². The van der Waals surface area contributed by atoms with Gasteiger partial charge in [-0.2, -0.15) is 0 Å². The Morgan fingerprint density at radius 1 is 1.00 bits per heavy atom. The van der Waals surface area contributed by atoms with Gasteiger partial charge < -0.3 is 19.4 Å². The molecule has 0 spiro atoms. The predicted molar refractivity (Wildman–Crippen MR) is 131 cm³/mol. The molecular weight excluding hydrogens is 454 g/mol. The molecule has 1 aromatic carbocycles. The highest BCUT2D eigenvalue weighted by Crippen LogP contribution is 2.37. The van der Waals surface area contributed by atoms with Crippen molar-refractivity contribution in [1.29, 1.82) is 0 Å². The van der Waals surface area contributed by atoms with Crippen LogP contribution in [0.5, 0.6) is 5.75 Å². The number of hydrogen-bond donors (Lipinski definition) is 0. The van der Waals surface area contributed by atoms with Crippen molar-refractivity contribution in [2.45, 2.75) is 45.5 Å². The minimum atomic E-state index is -2.69. The first kappa shape index (κ1) is 25.1. The van der Waals surface area contributed by atoms with Gasteiger partial charge in [0.2, 0.25) is 5.91 Å². The number of piperidine rings is 1. The Hall–Kier alpha value is -2.97. The Balaban J connectivity index is 0.00000141. The van der Waals surface area contributed by atoms with Gasteiger partial charge in [-0.25, -0.2) is 8.78 Å². The fourth-order valence-corrected chi connectivity index (χ4v) is 4.73. The fourth-order valence-electron chi connectivity index (χ4n) is 4.73. The molecule has 0 atom stereocenters. The molecule has 190 valence electrons. The molecule has 1 aromatic heterocycles. The molecule has 2 amide bonds. The largest absolute Gasteiger partial charge is 0.497 e. The molecule has 2 aliphatic heterocycles. The average Bonchev–Trinajstić information content (AvgIpc) is 3.74. The smallest absolute Gasteiger partial charge is 0.257 e. The van der Waals surface area contributed by atoms with Gasteiger partial charge in [-0.15, -0.1) is 0 Å². The third kappa shape index (κ3) is 5.33. The molecule has 1 aliphatic carbocycles. The maximum absolute atomic E-state index is 13.9. The zero-order valence-corrected chi connectivity index (χ0v) is 20.7. The zero-order chi connectivity index (χ0) is 25.2. The molecule has 3 fully saturated rings. The minimum absolute atomic E-state index is 0.160. The number of aromatic nitrogens is 1. The molecule has 0 radical (unpaired) electrons. The summed E-state index contributed by atoms with van der Waals surface area (Å²) in [6.45, 7) is 6.25. The Labute approximate surface area is 205 Å². The molecule has 0 N–H and O–H groups in total.